The van der Waals surface area contributed by atoms with Gasteiger partial charge in [0.2, 0.25) is 0 Å². The summed E-state index contributed by atoms with van der Waals surface area (Å²) in [6.07, 6.45) is 2.79. The average molecular weight is 380 g/mol. The normalized spacial score (nSPS) is 10.3. The molecular formula is C17H20N2O4S2. The third kappa shape index (κ3) is 5.40. The van der Waals surface area contributed by atoms with E-state index < -0.39 is 24.4 Å². The number of aryl methyl sites for hydroxylation is 2. The Morgan fingerprint density at radius 2 is 1.96 bits per heavy atom. The van der Waals surface area contributed by atoms with Gasteiger partial charge in [-0.15, -0.1) is 22.7 Å². The van der Waals surface area contributed by atoms with Crippen LogP contribution in [0.15, 0.2) is 23.6 Å². The van der Waals surface area contributed by atoms with E-state index in [0.29, 0.717) is 9.75 Å². The van der Waals surface area contributed by atoms with Gasteiger partial charge in [0.25, 0.3) is 11.8 Å². The van der Waals surface area contributed by atoms with Crippen LogP contribution in [-0.4, -0.2) is 24.4 Å². The summed E-state index contributed by atoms with van der Waals surface area (Å²) in [4.78, 5) is 37.6. The third-order valence-corrected chi connectivity index (χ3v) is 5.44. The number of carbonyl (C=O) groups excluding carboxylic acids is 3. The van der Waals surface area contributed by atoms with Crippen LogP contribution in [0.1, 0.15) is 50.1 Å². The van der Waals surface area contributed by atoms with Gasteiger partial charge in [0, 0.05) is 4.88 Å². The fourth-order valence-corrected chi connectivity index (χ4v) is 4.01. The first-order valence-electron chi connectivity index (χ1n) is 7.96. The molecule has 0 aliphatic heterocycles. The lowest BCUT2D eigenvalue weighted by atomic mass is 10.1. The van der Waals surface area contributed by atoms with Crippen molar-refractivity contribution in [2.75, 3.05) is 6.61 Å². The number of carbonyl (C=O) groups is 3. The lowest BCUT2D eigenvalue weighted by molar-refractivity contribution is -0.125. The second kappa shape index (κ2) is 9.33. The first-order valence-corrected chi connectivity index (χ1v) is 9.66. The SMILES string of the molecule is CCCc1sc(C(=O)OCC(=O)NNC(=O)c2cccs2)cc1CC. The van der Waals surface area contributed by atoms with Crippen molar-refractivity contribution in [1.29, 1.82) is 0 Å². The number of hydrogen-bond acceptors (Lipinski definition) is 6. The van der Waals surface area contributed by atoms with Crippen molar-refractivity contribution in [3.63, 3.8) is 0 Å². The molecule has 0 spiro atoms. The number of amides is 2. The largest absolute Gasteiger partial charge is 0.451 e. The average Bonchev–Trinajstić information content (AvgIpc) is 3.27. The maximum atomic E-state index is 12.1. The molecule has 0 radical (unpaired) electrons. The minimum atomic E-state index is -0.598. The molecule has 0 saturated heterocycles. The molecule has 6 nitrogen and oxygen atoms in total. The van der Waals surface area contributed by atoms with Crippen LogP contribution in [0, 0.1) is 0 Å². The zero-order valence-corrected chi connectivity index (χ0v) is 15.7. The number of ether oxygens (including phenoxy) is 1. The maximum Gasteiger partial charge on any atom is 0.348 e. The van der Waals surface area contributed by atoms with Gasteiger partial charge in [0.1, 0.15) is 4.88 Å². The summed E-state index contributed by atoms with van der Waals surface area (Å²) >= 11 is 2.67. The number of nitrogens with one attached hydrogen (secondary N) is 2. The van der Waals surface area contributed by atoms with Crippen LogP contribution in [0.25, 0.3) is 0 Å². The second-order valence-corrected chi connectivity index (χ2v) is 7.30. The van der Waals surface area contributed by atoms with Crippen LogP contribution in [0.2, 0.25) is 0 Å². The topological polar surface area (TPSA) is 84.5 Å². The van der Waals surface area contributed by atoms with Gasteiger partial charge in [-0.1, -0.05) is 26.3 Å². The van der Waals surface area contributed by atoms with Crippen molar-refractivity contribution < 1.29 is 19.1 Å². The molecule has 25 heavy (non-hydrogen) atoms. The lowest BCUT2D eigenvalue weighted by Crippen LogP contribution is -2.43. The Bertz CT molecular complexity index is 738. The molecule has 2 aromatic rings. The minimum absolute atomic E-state index is 0.412. The third-order valence-electron chi connectivity index (χ3n) is 3.35. The van der Waals surface area contributed by atoms with Crippen LogP contribution in [0.3, 0.4) is 0 Å². The zero-order chi connectivity index (χ0) is 18.2. The van der Waals surface area contributed by atoms with Crippen LogP contribution in [0.4, 0.5) is 0 Å². The summed E-state index contributed by atoms with van der Waals surface area (Å²) in [6.45, 7) is 3.68. The molecule has 0 saturated carbocycles. The van der Waals surface area contributed by atoms with E-state index >= 15 is 0 Å². The van der Waals surface area contributed by atoms with Crippen molar-refractivity contribution in [1.82, 2.24) is 10.9 Å². The molecule has 2 N–H and O–H groups in total. The molecule has 0 aliphatic carbocycles. The van der Waals surface area contributed by atoms with Gasteiger partial charge in [-0.05, 0) is 35.9 Å². The van der Waals surface area contributed by atoms with Crippen molar-refractivity contribution in [2.45, 2.75) is 33.1 Å². The highest BCUT2D eigenvalue weighted by molar-refractivity contribution is 7.14. The van der Waals surface area contributed by atoms with Crippen molar-refractivity contribution in [2.24, 2.45) is 0 Å². The molecule has 2 rings (SSSR count). The summed E-state index contributed by atoms with van der Waals surface area (Å²) < 4.78 is 5.01. The summed E-state index contributed by atoms with van der Waals surface area (Å²) in [5.74, 6) is -1.54. The molecular weight excluding hydrogens is 360 g/mol. The Kier molecular flexibility index (Phi) is 7.15. The van der Waals surface area contributed by atoms with E-state index in [0.717, 1.165) is 24.8 Å². The lowest BCUT2D eigenvalue weighted by Gasteiger charge is -2.06. The summed E-state index contributed by atoms with van der Waals surface area (Å²) in [5, 5.41) is 1.76. The van der Waals surface area contributed by atoms with E-state index in [9.17, 15) is 14.4 Å². The predicted octanol–water partition coefficient (Wildman–Crippen LogP) is 2.94. The van der Waals surface area contributed by atoms with Crippen molar-refractivity contribution in [3.8, 4) is 0 Å². The Morgan fingerprint density at radius 1 is 1.16 bits per heavy atom. The summed E-state index contributed by atoms with van der Waals surface area (Å²) in [5.41, 5.74) is 5.64. The van der Waals surface area contributed by atoms with Gasteiger partial charge in [-0.2, -0.15) is 0 Å². The highest BCUT2D eigenvalue weighted by atomic mass is 32.1. The van der Waals surface area contributed by atoms with Crippen LogP contribution >= 0.6 is 22.7 Å². The maximum absolute atomic E-state index is 12.1. The van der Waals surface area contributed by atoms with E-state index in [2.05, 4.69) is 17.8 Å². The van der Waals surface area contributed by atoms with E-state index in [-0.39, 0.29) is 0 Å². The molecule has 0 atom stereocenters. The van der Waals surface area contributed by atoms with E-state index in [1.807, 2.05) is 13.0 Å². The van der Waals surface area contributed by atoms with Crippen LogP contribution in [0.5, 0.6) is 0 Å². The van der Waals surface area contributed by atoms with Crippen LogP contribution in [-0.2, 0) is 22.4 Å². The predicted molar refractivity (Wildman–Crippen MR) is 97.9 cm³/mol. The molecule has 0 bridgehead atoms. The summed E-state index contributed by atoms with van der Waals surface area (Å²) in [7, 11) is 0. The van der Waals surface area contributed by atoms with Gasteiger partial charge >= 0.3 is 5.97 Å². The standard InChI is InChI=1S/C17H20N2O4S2/c1-3-6-12-11(4-2)9-14(25-12)17(22)23-10-15(20)18-19-16(21)13-7-5-8-24-13/h5,7-9H,3-4,6,10H2,1-2H3,(H,18,20)(H,19,21). The molecule has 2 heterocycles. The summed E-state index contributed by atoms with van der Waals surface area (Å²) in [6, 6.07) is 5.21. The van der Waals surface area contributed by atoms with E-state index in [1.165, 1.54) is 27.6 Å². The molecule has 0 fully saturated rings. The Balaban J connectivity index is 1.81. The number of thiophene rings is 2. The Labute approximate surface area is 154 Å². The molecule has 0 unspecified atom stereocenters. The molecule has 0 aromatic carbocycles. The molecule has 0 aliphatic rings. The fourth-order valence-electron chi connectivity index (χ4n) is 2.14. The van der Waals surface area contributed by atoms with Gasteiger partial charge in [-0.3, -0.25) is 20.4 Å². The Morgan fingerprint density at radius 3 is 2.60 bits per heavy atom. The first kappa shape index (κ1) is 19.1. The Hall–Kier alpha value is -2.19. The highest BCUT2D eigenvalue weighted by Gasteiger charge is 2.16. The van der Waals surface area contributed by atoms with E-state index in [1.54, 1.807) is 17.5 Å². The minimum Gasteiger partial charge on any atom is -0.451 e. The quantitative estimate of drug-likeness (QED) is 0.571. The zero-order valence-electron chi connectivity index (χ0n) is 14.1. The van der Waals surface area contributed by atoms with Crippen molar-refractivity contribution in [3.05, 3.63) is 43.8 Å². The number of rotatable bonds is 7. The van der Waals surface area contributed by atoms with E-state index in [4.69, 9.17) is 4.74 Å². The number of hydrazine groups is 1. The molecule has 134 valence electrons. The van der Waals surface area contributed by atoms with Gasteiger partial charge in [-0.25, -0.2) is 4.79 Å². The van der Waals surface area contributed by atoms with Crippen molar-refractivity contribution >= 4 is 40.5 Å². The second-order valence-electron chi connectivity index (χ2n) is 5.22. The first-order chi connectivity index (χ1) is 12.0. The van der Waals surface area contributed by atoms with Crippen LogP contribution < -0.4 is 10.9 Å². The van der Waals surface area contributed by atoms with Gasteiger partial charge in [0.05, 0.1) is 4.88 Å². The molecule has 2 amide bonds. The number of esters is 1. The highest BCUT2D eigenvalue weighted by Crippen LogP contribution is 2.25. The smallest absolute Gasteiger partial charge is 0.348 e. The van der Waals surface area contributed by atoms with Gasteiger partial charge in [0.15, 0.2) is 6.61 Å². The monoisotopic (exact) mass is 380 g/mol. The molecule has 2 aromatic heterocycles. The fraction of sp³-hybridized carbons (Fsp3) is 0.353. The molecule has 8 heteroatoms. The number of hydrogen-bond donors (Lipinski definition) is 2. The van der Waals surface area contributed by atoms with Gasteiger partial charge < -0.3 is 4.74 Å².